The summed E-state index contributed by atoms with van der Waals surface area (Å²) in [6.45, 7) is 1.97. The number of hydrogen-bond acceptors (Lipinski definition) is 4. The molecule has 1 amide bonds. The Bertz CT molecular complexity index is 1160. The molecule has 0 bridgehead atoms. The molecule has 3 aromatic rings. The van der Waals surface area contributed by atoms with Crippen molar-refractivity contribution in [3.8, 4) is 28.5 Å². The summed E-state index contributed by atoms with van der Waals surface area (Å²) in [5.74, 6) is 0.862. The summed E-state index contributed by atoms with van der Waals surface area (Å²) >= 11 is 3.59. The van der Waals surface area contributed by atoms with Crippen LogP contribution in [0.15, 0.2) is 53.0 Å². The molecular weight excluding hydrogens is 440 g/mol. The summed E-state index contributed by atoms with van der Waals surface area (Å²) in [7, 11) is 1.82. The van der Waals surface area contributed by atoms with E-state index in [1.807, 2.05) is 62.5 Å². The molecular formula is C24H21BrN4O. The molecule has 1 heterocycles. The number of anilines is 2. The van der Waals surface area contributed by atoms with Gasteiger partial charge in [0.05, 0.1) is 27.5 Å². The Balaban J connectivity index is 1.78. The van der Waals surface area contributed by atoms with Crippen LogP contribution in [0.1, 0.15) is 24.0 Å². The van der Waals surface area contributed by atoms with Crippen LogP contribution in [0.5, 0.6) is 0 Å². The van der Waals surface area contributed by atoms with Gasteiger partial charge in [0.2, 0.25) is 5.91 Å². The van der Waals surface area contributed by atoms with Crippen LogP contribution in [0.2, 0.25) is 0 Å². The molecule has 1 saturated carbocycles. The van der Waals surface area contributed by atoms with Crippen LogP contribution in [0, 0.1) is 24.2 Å². The van der Waals surface area contributed by atoms with E-state index in [9.17, 15) is 10.1 Å². The topological polar surface area (TPSA) is 77.8 Å². The average Bonchev–Trinajstić information content (AvgIpc) is 3.63. The van der Waals surface area contributed by atoms with Gasteiger partial charge in [-0.25, -0.2) is 4.98 Å². The van der Waals surface area contributed by atoms with Crippen LogP contribution in [-0.4, -0.2) is 17.9 Å². The molecule has 150 valence electrons. The van der Waals surface area contributed by atoms with Gasteiger partial charge in [-0.2, -0.15) is 5.26 Å². The smallest absolute Gasteiger partial charge is 0.227 e. The van der Waals surface area contributed by atoms with E-state index in [4.69, 9.17) is 4.98 Å². The zero-order chi connectivity index (χ0) is 21.3. The molecule has 4 rings (SSSR count). The molecule has 0 saturated heterocycles. The predicted octanol–water partition coefficient (Wildman–Crippen LogP) is 5.75. The third-order valence-electron chi connectivity index (χ3n) is 5.32. The number of amides is 1. The van der Waals surface area contributed by atoms with Gasteiger partial charge in [0, 0.05) is 18.5 Å². The second kappa shape index (κ2) is 8.29. The third kappa shape index (κ3) is 3.81. The highest BCUT2D eigenvalue weighted by molar-refractivity contribution is 9.10. The van der Waals surface area contributed by atoms with Crippen LogP contribution in [0.4, 0.5) is 11.5 Å². The summed E-state index contributed by atoms with van der Waals surface area (Å²) in [6, 6.07) is 17.7. The first-order valence-electron chi connectivity index (χ1n) is 9.82. The third-order valence-corrected chi connectivity index (χ3v) is 6.29. The van der Waals surface area contributed by atoms with E-state index in [0.717, 1.165) is 45.3 Å². The highest BCUT2D eigenvalue weighted by atomic mass is 79.9. The number of nitrogens with zero attached hydrogens (tertiary/aromatic N) is 2. The number of pyridine rings is 1. The van der Waals surface area contributed by atoms with Gasteiger partial charge < -0.3 is 10.6 Å². The van der Waals surface area contributed by atoms with Crippen LogP contribution in [0.25, 0.3) is 22.4 Å². The van der Waals surface area contributed by atoms with Gasteiger partial charge >= 0.3 is 0 Å². The fourth-order valence-corrected chi connectivity index (χ4v) is 3.91. The molecule has 0 aliphatic heterocycles. The first kappa shape index (κ1) is 20.1. The standard InChI is InChI=1S/C24H21BrN4O/c1-14-20(25)23(27-2)28-22(21(14)29-24(30)17-11-12-17)16-9-7-15(8-10-16)19-6-4-3-5-18(19)13-26/h3-10,17H,11-12H2,1-2H3,(H,27,28)(H,29,30). The van der Waals surface area contributed by atoms with Crippen LogP contribution < -0.4 is 10.6 Å². The van der Waals surface area contributed by atoms with Crippen molar-refractivity contribution in [3.05, 3.63) is 64.1 Å². The lowest BCUT2D eigenvalue weighted by Crippen LogP contribution is -2.16. The lowest BCUT2D eigenvalue weighted by atomic mass is 9.98. The minimum atomic E-state index is 0.0461. The summed E-state index contributed by atoms with van der Waals surface area (Å²) in [4.78, 5) is 17.3. The van der Waals surface area contributed by atoms with Crippen molar-refractivity contribution >= 4 is 33.3 Å². The zero-order valence-corrected chi connectivity index (χ0v) is 18.4. The van der Waals surface area contributed by atoms with Crippen LogP contribution >= 0.6 is 15.9 Å². The quantitative estimate of drug-likeness (QED) is 0.507. The normalized spacial score (nSPS) is 12.9. The minimum Gasteiger partial charge on any atom is -0.372 e. The van der Waals surface area contributed by atoms with E-state index in [2.05, 4.69) is 32.6 Å². The molecule has 1 fully saturated rings. The molecule has 0 unspecified atom stereocenters. The molecule has 1 aromatic heterocycles. The second-order valence-electron chi connectivity index (χ2n) is 7.37. The van der Waals surface area contributed by atoms with Crippen LogP contribution in [-0.2, 0) is 4.79 Å². The fraction of sp³-hybridized carbons (Fsp3) is 0.208. The number of aromatic nitrogens is 1. The van der Waals surface area contributed by atoms with E-state index in [1.54, 1.807) is 0 Å². The number of nitriles is 1. The van der Waals surface area contributed by atoms with E-state index in [0.29, 0.717) is 17.1 Å². The van der Waals surface area contributed by atoms with E-state index in [-0.39, 0.29) is 11.8 Å². The molecule has 6 heteroatoms. The zero-order valence-electron chi connectivity index (χ0n) is 16.8. The SMILES string of the molecule is CNc1nc(-c2ccc(-c3ccccc3C#N)cc2)c(NC(=O)C2CC2)c(C)c1Br. The number of benzene rings is 2. The average molecular weight is 461 g/mol. The van der Waals surface area contributed by atoms with Gasteiger partial charge in [-0.05, 0) is 58.5 Å². The Morgan fingerprint density at radius 2 is 1.80 bits per heavy atom. The van der Waals surface area contributed by atoms with Crippen molar-refractivity contribution in [2.24, 2.45) is 5.92 Å². The van der Waals surface area contributed by atoms with Gasteiger partial charge in [-0.1, -0.05) is 42.5 Å². The summed E-state index contributed by atoms with van der Waals surface area (Å²) in [6.07, 6.45) is 1.88. The Labute approximate surface area is 184 Å². The molecule has 1 aliphatic rings. The van der Waals surface area contributed by atoms with E-state index >= 15 is 0 Å². The van der Waals surface area contributed by atoms with E-state index < -0.39 is 0 Å². The summed E-state index contributed by atoms with van der Waals surface area (Å²) in [5.41, 5.74) is 5.75. The van der Waals surface area contributed by atoms with Gasteiger partial charge in [0.15, 0.2) is 0 Å². The number of carbonyl (C=O) groups is 1. The lowest BCUT2D eigenvalue weighted by Gasteiger charge is -2.18. The van der Waals surface area contributed by atoms with Crippen molar-refractivity contribution < 1.29 is 4.79 Å². The maximum Gasteiger partial charge on any atom is 0.227 e. The Morgan fingerprint density at radius 1 is 1.13 bits per heavy atom. The fourth-order valence-electron chi connectivity index (χ4n) is 3.42. The monoisotopic (exact) mass is 460 g/mol. The Hall–Kier alpha value is -3.17. The van der Waals surface area contributed by atoms with Crippen molar-refractivity contribution in [1.82, 2.24) is 4.98 Å². The van der Waals surface area contributed by atoms with Crippen molar-refractivity contribution in [1.29, 1.82) is 5.26 Å². The van der Waals surface area contributed by atoms with Crippen molar-refractivity contribution in [2.45, 2.75) is 19.8 Å². The lowest BCUT2D eigenvalue weighted by molar-refractivity contribution is -0.117. The molecule has 1 aliphatic carbocycles. The van der Waals surface area contributed by atoms with Gasteiger partial charge in [0.1, 0.15) is 5.82 Å². The number of carbonyl (C=O) groups excluding carboxylic acids is 1. The van der Waals surface area contributed by atoms with Gasteiger partial charge in [-0.3, -0.25) is 4.79 Å². The molecule has 2 aromatic carbocycles. The summed E-state index contributed by atoms with van der Waals surface area (Å²) < 4.78 is 0.833. The second-order valence-corrected chi connectivity index (χ2v) is 8.16. The maximum atomic E-state index is 12.5. The summed E-state index contributed by atoms with van der Waals surface area (Å²) in [5, 5.41) is 15.6. The Morgan fingerprint density at radius 3 is 2.43 bits per heavy atom. The number of rotatable bonds is 5. The molecule has 0 radical (unpaired) electrons. The number of hydrogen-bond donors (Lipinski definition) is 2. The van der Waals surface area contributed by atoms with Crippen LogP contribution in [0.3, 0.4) is 0 Å². The molecule has 5 nitrogen and oxygen atoms in total. The molecule has 30 heavy (non-hydrogen) atoms. The van der Waals surface area contributed by atoms with Crippen molar-refractivity contribution in [2.75, 3.05) is 17.7 Å². The highest BCUT2D eigenvalue weighted by Gasteiger charge is 2.31. The highest BCUT2D eigenvalue weighted by Crippen LogP contribution is 2.39. The first-order valence-corrected chi connectivity index (χ1v) is 10.6. The number of nitrogens with one attached hydrogen (secondary N) is 2. The maximum absolute atomic E-state index is 12.5. The predicted molar refractivity (Wildman–Crippen MR) is 123 cm³/mol. The minimum absolute atomic E-state index is 0.0461. The largest absolute Gasteiger partial charge is 0.372 e. The molecule has 0 spiro atoms. The van der Waals surface area contributed by atoms with Gasteiger partial charge in [-0.15, -0.1) is 0 Å². The molecule has 2 N–H and O–H groups in total. The first-order chi connectivity index (χ1) is 14.5. The van der Waals surface area contributed by atoms with Crippen molar-refractivity contribution in [3.63, 3.8) is 0 Å². The molecule has 0 atom stereocenters. The van der Waals surface area contributed by atoms with E-state index in [1.165, 1.54) is 0 Å². The number of halogens is 1. The Kier molecular flexibility index (Phi) is 5.56. The van der Waals surface area contributed by atoms with Gasteiger partial charge in [0.25, 0.3) is 0 Å².